The van der Waals surface area contributed by atoms with Gasteiger partial charge in [-0.25, -0.2) is 0 Å². The summed E-state index contributed by atoms with van der Waals surface area (Å²) in [5.74, 6) is -0.206. The quantitative estimate of drug-likeness (QED) is 0.185. The van der Waals surface area contributed by atoms with Gasteiger partial charge in [0.2, 0.25) is 5.91 Å². The minimum Gasteiger partial charge on any atom is -0.326 e. The summed E-state index contributed by atoms with van der Waals surface area (Å²) in [5.41, 5.74) is 0.509. The molecule has 0 unspecified atom stereocenters. The van der Waals surface area contributed by atoms with Crippen LogP contribution >= 0.6 is 35.3 Å². The van der Waals surface area contributed by atoms with Crippen molar-refractivity contribution in [1.82, 2.24) is 4.90 Å². The van der Waals surface area contributed by atoms with Crippen LogP contribution in [0, 0.1) is 10.1 Å². The van der Waals surface area contributed by atoms with Gasteiger partial charge >= 0.3 is 0 Å². The number of hydrogen-bond donors (Lipinski definition) is 1. The molecule has 156 valence electrons. The predicted molar refractivity (Wildman–Crippen MR) is 124 cm³/mol. The first-order chi connectivity index (χ1) is 14.4. The van der Waals surface area contributed by atoms with E-state index in [2.05, 4.69) is 5.32 Å². The zero-order valence-electron chi connectivity index (χ0n) is 15.9. The van der Waals surface area contributed by atoms with Crippen LogP contribution in [-0.2, 0) is 9.59 Å². The molecule has 0 atom stereocenters. The lowest BCUT2D eigenvalue weighted by Gasteiger charge is -2.14. The zero-order chi connectivity index (χ0) is 21.5. The second kappa shape index (κ2) is 10.5. The minimum absolute atomic E-state index is 0.0195. The Balaban J connectivity index is 1.37. The summed E-state index contributed by atoms with van der Waals surface area (Å²) in [7, 11) is 0. The number of carbonyl (C=O) groups is 2. The number of hydrogen-bond acceptors (Lipinski definition) is 7. The Hall–Kier alpha value is -2.56. The van der Waals surface area contributed by atoms with E-state index in [1.807, 2.05) is 23.6 Å². The fourth-order valence-electron chi connectivity index (χ4n) is 2.82. The van der Waals surface area contributed by atoms with E-state index in [9.17, 15) is 19.7 Å². The van der Waals surface area contributed by atoms with E-state index in [0.717, 1.165) is 17.7 Å². The van der Waals surface area contributed by atoms with Gasteiger partial charge in [0, 0.05) is 35.7 Å². The average Bonchev–Trinajstić information content (AvgIpc) is 3.31. The topological polar surface area (TPSA) is 92.6 Å². The Labute approximate surface area is 187 Å². The van der Waals surface area contributed by atoms with E-state index < -0.39 is 4.92 Å². The van der Waals surface area contributed by atoms with Gasteiger partial charge in [0.25, 0.3) is 11.6 Å². The predicted octanol–water partition coefficient (Wildman–Crippen LogP) is 5.06. The molecule has 0 bridgehead atoms. The average molecular weight is 462 g/mol. The largest absolute Gasteiger partial charge is 0.326 e. The molecular weight excluding hydrogens is 442 g/mol. The molecule has 1 aromatic heterocycles. The van der Waals surface area contributed by atoms with E-state index in [1.54, 1.807) is 16.2 Å². The number of thioether (sulfide) groups is 1. The number of carbonyl (C=O) groups excluding carboxylic acids is 2. The van der Waals surface area contributed by atoms with Gasteiger partial charge in [0.05, 0.1) is 9.83 Å². The van der Waals surface area contributed by atoms with Gasteiger partial charge in [-0.3, -0.25) is 24.6 Å². The monoisotopic (exact) mass is 461 g/mol. The lowest BCUT2D eigenvalue weighted by Crippen LogP contribution is -2.29. The maximum absolute atomic E-state index is 12.5. The lowest BCUT2D eigenvalue weighted by atomic mass is 10.1. The van der Waals surface area contributed by atoms with Crippen LogP contribution in [0.2, 0.25) is 0 Å². The highest BCUT2D eigenvalue weighted by Crippen LogP contribution is 2.33. The molecule has 0 aliphatic carbocycles. The lowest BCUT2D eigenvalue weighted by molar-refractivity contribution is -0.384. The third kappa shape index (κ3) is 5.97. The van der Waals surface area contributed by atoms with E-state index in [0.29, 0.717) is 34.3 Å². The summed E-state index contributed by atoms with van der Waals surface area (Å²) in [4.78, 5) is 38.0. The third-order valence-corrected chi connectivity index (χ3v) is 6.53. The number of rotatable bonds is 9. The molecule has 2 aromatic rings. The Morgan fingerprint density at radius 2 is 1.97 bits per heavy atom. The molecule has 0 saturated carbocycles. The molecule has 0 radical (unpaired) electrons. The summed E-state index contributed by atoms with van der Waals surface area (Å²) in [5, 5.41) is 15.3. The first kappa shape index (κ1) is 22.1. The highest BCUT2D eigenvalue weighted by molar-refractivity contribution is 8.26. The number of non-ortho nitro benzene ring substituents is 1. The van der Waals surface area contributed by atoms with Gasteiger partial charge in [-0.15, -0.1) is 11.3 Å². The number of thiocarbonyl (C=S) groups is 1. The molecule has 1 aliphatic heterocycles. The van der Waals surface area contributed by atoms with Crippen LogP contribution in [0.25, 0.3) is 6.08 Å². The molecule has 1 N–H and O–H groups in total. The normalized spacial score (nSPS) is 15.1. The number of benzene rings is 1. The highest BCUT2D eigenvalue weighted by atomic mass is 32.2. The minimum atomic E-state index is -0.484. The van der Waals surface area contributed by atoms with Crippen molar-refractivity contribution in [3.8, 4) is 0 Å². The second-order valence-electron chi connectivity index (χ2n) is 6.51. The molecule has 3 rings (SSSR count). The van der Waals surface area contributed by atoms with Crippen molar-refractivity contribution in [1.29, 1.82) is 0 Å². The van der Waals surface area contributed by atoms with Gasteiger partial charge in [0.15, 0.2) is 0 Å². The molecule has 1 saturated heterocycles. The number of thiophene rings is 1. The number of unbranched alkanes of at least 4 members (excludes halogenated alkanes) is 2. The van der Waals surface area contributed by atoms with Crippen LogP contribution in [-0.4, -0.2) is 32.5 Å². The molecule has 2 amide bonds. The smallest absolute Gasteiger partial charge is 0.269 e. The summed E-state index contributed by atoms with van der Waals surface area (Å²) in [6.07, 6.45) is 4.43. The van der Waals surface area contributed by atoms with Gasteiger partial charge in [0.1, 0.15) is 4.32 Å². The van der Waals surface area contributed by atoms with Gasteiger partial charge in [-0.05, 0) is 42.5 Å². The van der Waals surface area contributed by atoms with Crippen LogP contribution in [0.1, 0.15) is 30.6 Å². The Kier molecular flexibility index (Phi) is 7.72. The Bertz CT molecular complexity index is 972. The second-order valence-corrected chi connectivity index (χ2v) is 9.17. The highest BCUT2D eigenvalue weighted by Gasteiger charge is 2.31. The zero-order valence-corrected chi connectivity index (χ0v) is 18.4. The van der Waals surface area contributed by atoms with Crippen LogP contribution in [0.3, 0.4) is 0 Å². The number of amides is 2. The molecular formula is C20H19N3O4S3. The SMILES string of the molecule is O=C(CCCCCN1C(=O)/C(=C/c2cccs2)SC1=S)Nc1ccc([N+](=O)[O-])cc1. The number of nitro groups is 1. The van der Waals surface area contributed by atoms with E-state index in [1.165, 1.54) is 36.0 Å². The number of nitrogens with one attached hydrogen (secondary N) is 1. The van der Waals surface area contributed by atoms with Crippen molar-refractivity contribution in [2.45, 2.75) is 25.7 Å². The summed E-state index contributed by atoms with van der Waals surface area (Å²) < 4.78 is 0.568. The first-order valence-electron chi connectivity index (χ1n) is 9.27. The van der Waals surface area contributed by atoms with E-state index in [-0.39, 0.29) is 17.5 Å². The molecule has 1 aromatic carbocycles. The number of nitro benzene ring substituents is 1. The molecule has 2 heterocycles. The molecule has 7 nitrogen and oxygen atoms in total. The van der Waals surface area contributed by atoms with Crippen molar-refractivity contribution in [2.24, 2.45) is 0 Å². The standard InChI is InChI=1S/C20H19N3O4S3/c24-18(21-14-7-9-15(10-8-14)23(26)27)6-2-1-3-11-22-19(25)17(30-20(22)28)13-16-5-4-12-29-16/h4-5,7-10,12-13H,1-3,6,11H2,(H,21,24)/b17-13-. The van der Waals surface area contributed by atoms with E-state index >= 15 is 0 Å². The summed E-state index contributed by atoms with van der Waals surface area (Å²) in [6.45, 7) is 0.538. The van der Waals surface area contributed by atoms with Crippen molar-refractivity contribution in [3.63, 3.8) is 0 Å². The van der Waals surface area contributed by atoms with Gasteiger partial charge in [-0.2, -0.15) is 0 Å². The van der Waals surface area contributed by atoms with Crippen molar-refractivity contribution in [3.05, 3.63) is 61.7 Å². The van der Waals surface area contributed by atoms with Crippen molar-refractivity contribution >= 4 is 68.9 Å². The Morgan fingerprint density at radius 3 is 2.63 bits per heavy atom. The van der Waals surface area contributed by atoms with Crippen LogP contribution in [0.15, 0.2) is 46.7 Å². The fraction of sp³-hybridized carbons (Fsp3) is 0.250. The Morgan fingerprint density at radius 1 is 1.20 bits per heavy atom. The van der Waals surface area contributed by atoms with Crippen molar-refractivity contribution < 1.29 is 14.5 Å². The fourth-order valence-corrected chi connectivity index (χ4v) is 4.85. The number of nitrogens with zero attached hydrogens (tertiary/aromatic N) is 2. The van der Waals surface area contributed by atoms with E-state index in [4.69, 9.17) is 12.2 Å². The van der Waals surface area contributed by atoms with Crippen LogP contribution in [0.5, 0.6) is 0 Å². The van der Waals surface area contributed by atoms with Gasteiger partial charge < -0.3 is 5.32 Å². The maximum atomic E-state index is 12.5. The summed E-state index contributed by atoms with van der Waals surface area (Å²) in [6, 6.07) is 9.62. The van der Waals surface area contributed by atoms with Crippen LogP contribution < -0.4 is 5.32 Å². The first-order valence-corrected chi connectivity index (χ1v) is 11.4. The molecule has 10 heteroatoms. The number of anilines is 1. The third-order valence-electron chi connectivity index (χ3n) is 4.34. The molecule has 1 fully saturated rings. The van der Waals surface area contributed by atoms with Crippen LogP contribution in [0.4, 0.5) is 11.4 Å². The molecule has 1 aliphatic rings. The molecule has 30 heavy (non-hydrogen) atoms. The summed E-state index contributed by atoms with van der Waals surface area (Å²) >= 11 is 8.23. The van der Waals surface area contributed by atoms with Crippen molar-refractivity contribution in [2.75, 3.05) is 11.9 Å². The molecule has 0 spiro atoms. The van der Waals surface area contributed by atoms with Gasteiger partial charge in [-0.1, -0.05) is 36.5 Å². The maximum Gasteiger partial charge on any atom is 0.269 e.